The number of fused-ring (bicyclic) bond motifs is 2. The average molecular weight is 323 g/mol. The van der Waals surface area contributed by atoms with Gasteiger partial charge in [0.15, 0.2) is 0 Å². The molecule has 3 heteroatoms. The second kappa shape index (κ2) is 6.48. The smallest absolute Gasteiger partial charge is 0.123 e. The lowest BCUT2D eigenvalue weighted by molar-refractivity contribution is 0.254. The molecule has 1 aliphatic carbocycles. The Kier molecular flexibility index (Phi) is 4.19. The van der Waals surface area contributed by atoms with E-state index in [0.29, 0.717) is 6.04 Å². The van der Waals surface area contributed by atoms with Crippen LogP contribution in [0.15, 0.2) is 36.4 Å². The second-order valence-electron chi connectivity index (χ2n) is 6.93. The molecule has 2 aromatic rings. The number of ether oxygens (including phenoxy) is 2. The van der Waals surface area contributed by atoms with E-state index >= 15 is 0 Å². The molecule has 0 amide bonds. The van der Waals surface area contributed by atoms with E-state index in [-0.39, 0.29) is 6.10 Å². The summed E-state index contributed by atoms with van der Waals surface area (Å²) >= 11 is 0. The fraction of sp³-hybridized carbons (Fsp3) is 0.429. The molecule has 3 nitrogen and oxygen atoms in total. The lowest BCUT2D eigenvalue weighted by Gasteiger charge is -2.27. The number of rotatable bonds is 4. The number of methoxy groups -OCH3 is 1. The molecule has 126 valence electrons. The van der Waals surface area contributed by atoms with E-state index < -0.39 is 0 Å². The number of benzene rings is 2. The van der Waals surface area contributed by atoms with Gasteiger partial charge in [0.25, 0.3) is 0 Å². The van der Waals surface area contributed by atoms with Crippen molar-refractivity contribution in [2.75, 3.05) is 7.11 Å². The molecule has 0 bridgehead atoms. The van der Waals surface area contributed by atoms with E-state index in [4.69, 9.17) is 9.47 Å². The van der Waals surface area contributed by atoms with Crippen LogP contribution in [0.5, 0.6) is 11.5 Å². The van der Waals surface area contributed by atoms with E-state index in [1.807, 2.05) is 0 Å². The molecule has 0 saturated carbocycles. The molecule has 0 aromatic heterocycles. The van der Waals surface area contributed by atoms with Crippen molar-refractivity contribution in [1.29, 1.82) is 0 Å². The van der Waals surface area contributed by atoms with Crippen LogP contribution in [0.2, 0.25) is 0 Å². The van der Waals surface area contributed by atoms with Crippen LogP contribution in [0.3, 0.4) is 0 Å². The van der Waals surface area contributed by atoms with Crippen molar-refractivity contribution >= 4 is 0 Å². The maximum Gasteiger partial charge on any atom is 0.123 e. The van der Waals surface area contributed by atoms with Crippen molar-refractivity contribution in [3.05, 3.63) is 58.7 Å². The Hall–Kier alpha value is -2.00. The lowest BCUT2D eigenvalue weighted by Crippen LogP contribution is -2.25. The fourth-order valence-corrected chi connectivity index (χ4v) is 4.01. The molecule has 0 saturated heterocycles. The molecule has 24 heavy (non-hydrogen) atoms. The van der Waals surface area contributed by atoms with Crippen LogP contribution in [0.4, 0.5) is 0 Å². The SMILES string of the molecule is COc1cc2c(cc1CN[C@H]1CCCc3ccccc31)O[C@H](C)C2. The maximum atomic E-state index is 5.91. The van der Waals surface area contributed by atoms with Gasteiger partial charge in [-0.05, 0) is 49.4 Å². The van der Waals surface area contributed by atoms with E-state index in [0.717, 1.165) is 24.5 Å². The highest BCUT2D eigenvalue weighted by Gasteiger charge is 2.23. The zero-order chi connectivity index (χ0) is 16.5. The van der Waals surface area contributed by atoms with E-state index in [1.165, 1.54) is 41.5 Å². The zero-order valence-corrected chi connectivity index (χ0v) is 14.5. The Morgan fingerprint density at radius 1 is 1.21 bits per heavy atom. The minimum absolute atomic E-state index is 0.262. The molecule has 2 aliphatic rings. The summed E-state index contributed by atoms with van der Waals surface area (Å²) in [6.07, 6.45) is 4.87. The molecular formula is C21H25NO2. The molecule has 1 heterocycles. The van der Waals surface area contributed by atoms with Gasteiger partial charge in [-0.2, -0.15) is 0 Å². The van der Waals surface area contributed by atoms with Crippen LogP contribution in [0.1, 0.15) is 48.1 Å². The molecule has 0 spiro atoms. The Balaban J connectivity index is 1.54. The van der Waals surface area contributed by atoms with Gasteiger partial charge in [-0.15, -0.1) is 0 Å². The Bertz CT molecular complexity index is 741. The summed E-state index contributed by atoms with van der Waals surface area (Å²) in [5.41, 5.74) is 5.37. The standard InChI is InChI=1S/C21H25NO2/c1-14-10-16-11-20(23-2)17(12-21(16)24-14)13-22-19-9-5-7-15-6-3-4-8-18(15)19/h3-4,6,8,11-12,14,19,22H,5,7,9-10,13H2,1-2H3/t14-,19+/m1/s1. The summed E-state index contributed by atoms with van der Waals surface area (Å²) in [4.78, 5) is 0. The highest BCUT2D eigenvalue weighted by molar-refractivity contribution is 5.48. The Labute approximate surface area is 144 Å². The van der Waals surface area contributed by atoms with Gasteiger partial charge in [0.2, 0.25) is 0 Å². The van der Waals surface area contributed by atoms with E-state index in [1.54, 1.807) is 7.11 Å². The molecule has 2 atom stereocenters. The fourth-order valence-electron chi connectivity index (χ4n) is 4.01. The first-order valence-electron chi connectivity index (χ1n) is 8.92. The number of aryl methyl sites for hydroxylation is 1. The minimum Gasteiger partial charge on any atom is -0.496 e. The number of hydrogen-bond acceptors (Lipinski definition) is 3. The van der Waals surface area contributed by atoms with Crippen LogP contribution in [-0.2, 0) is 19.4 Å². The molecule has 1 N–H and O–H groups in total. The third-order valence-corrected chi connectivity index (χ3v) is 5.21. The second-order valence-corrected chi connectivity index (χ2v) is 6.93. The number of hydrogen-bond donors (Lipinski definition) is 1. The predicted octanol–water partition coefficient (Wildman–Crippen LogP) is 4.19. The molecule has 4 rings (SSSR count). The van der Waals surface area contributed by atoms with Gasteiger partial charge < -0.3 is 14.8 Å². The van der Waals surface area contributed by atoms with Gasteiger partial charge in [-0.3, -0.25) is 0 Å². The molecule has 1 aliphatic heterocycles. The molecule has 0 fully saturated rings. The summed E-state index contributed by atoms with van der Waals surface area (Å²) in [5.74, 6) is 1.98. The lowest BCUT2D eigenvalue weighted by atomic mass is 9.87. The van der Waals surface area contributed by atoms with E-state index in [9.17, 15) is 0 Å². The largest absolute Gasteiger partial charge is 0.496 e. The predicted molar refractivity (Wildman–Crippen MR) is 95.7 cm³/mol. The molecule has 0 unspecified atom stereocenters. The molecule has 2 aromatic carbocycles. The quantitative estimate of drug-likeness (QED) is 0.915. The highest BCUT2D eigenvalue weighted by atomic mass is 16.5. The summed E-state index contributed by atoms with van der Waals surface area (Å²) in [5, 5.41) is 3.74. The van der Waals surface area contributed by atoms with Crippen LogP contribution < -0.4 is 14.8 Å². The van der Waals surface area contributed by atoms with Crippen molar-refractivity contribution in [3.63, 3.8) is 0 Å². The Morgan fingerprint density at radius 3 is 2.96 bits per heavy atom. The summed E-state index contributed by atoms with van der Waals surface area (Å²) in [6.45, 7) is 2.91. The summed E-state index contributed by atoms with van der Waals surface area (Å²) in [6, 6.07) is 13.5. The summed E-state index contributed by atoms with van der Waals surface area (Å²) < 4.78 is 11.5. The van der Waals surface area contributed by atoms with Crippen molar-refractivity contribution in [1.82, 2.24) is 5.32 Å². The topological polar surface area (TPSA) is 30.5 Å². The first-order valence-corrected chi connectivity index (χ1v) is 8.92. The van der Waals surface area contributed by atoms with Gasteiger partial charge in [-0.25, -0.2) is 0 Å². The van der Waals surface area contributed by atoms with Gasteiger partial charge in [0, 0.05) is 30.1 Å². The third-order valence-electron chi connectivity index (χ3n) is 5.21. The average Bonchev–Trinajstić information content (AvgIpc) is 2.97. The first kappa shape index (κ1) is 15.5. The highest BCUT2D eigenvalue weighted by Crippen LogP contribution is 2.36. The third kappa shape index (κ3) is 2.89. The van der Waals surface area contributed by atoms with Crippen molar-refractivity contribution in [2.45, 2.75) is 51.3 Å². The monoisotopic (exact) mass is 323 g/mol. The number of nitrogens with one attached hydrogen (secondary N) is 1. The molecule has 0 radical (unpaired) electrons. The molecular weight excluding hydrogens is 298 g/mol. The zero-order valence-electron chi connectivity index (χ0n) is 14.5. The van der Waals surface area contributed by atoms with Crippen LogP contribution >= 0.6 is 0 Å². The van der Waals surface area contributed by atoms with Gasteiger partial charge in [0.1, 0.15) is 17.6 Å². The summed E-state index contributed by atoms with van der Waals surface area (Å²) in [7, 11) is 1.75. The van der Waals surface area contributed by atoms with Gasteiger partial charge in [0.05, 0.1) is 7.11 Å². The van der Waals surface area contributed by atoms with Crippen LogP contribution in [0.25, 0.3) is 0 Å². The normalized spacial score (nSPS) is 21.8. The maximum absolute atomic E-state index is 5.91. The van der Waals surface area contributed by atoms with Gasteiger partial charge in [-0.1, -0.05) is 24.3 Å². The van der Waals surface area contributed by atoms with Gasteiger partial charge >= 0.3 is 0 Å². The van der Waals surface area contributed by atoms with Crippen molar-refractivity contribution in [3.8, 4) is 11.5 Å². The minimum atomic E-state index is 0.262. The van der Waals surface area contributed by atoms with Crippen molar-refractivity contribution < 1.29 is 9.47 Å². The van der Waals surface area contributed by atoms with E-state index in [2.05, 4.69) is 48.6 Å². The van der Waals surface area contributed by atoms with Crippen LogP contribution in [-0.4, -0.2) is 13.2 Å². The van der Waals surface area contributed by atoms with Crippen molar-refractivity contribution in [2.24, 2.45) is 0 Å². The first-order chi connectivity index (χ1) is 11.7. The van der Waals surface area contributed by atoms with Crippen LogP contribution in [0, 0.1) is 0 Å². The Morgan fingerprint density at radius 2 is 2.08 bits per heavy atom.